The molecule has 4 heteroatoms. The van der Waals surface area contributed by atoms with E-state index in [1.54, 1.807) is 24.4 Å². The number of rotatable bonds is 1. The third-order valence-electron chi connectivity index (χ3n) is 3.51. The van der Waals surface area contributed by atoms with E-state index in [1.165, 1.54) is 17.2 Å². The first-order valence-corrected chi connectivity index (χ1v) is 6.03. The number of aromatic nitrogens is 2. The molecule has 1 aliphatic rings. The highest BCUT2D eigenvalue weighted by Crippen LogP contribution is 2.32. The number of nitrogens with two attached hydrogens (primary N) is 1. The molecule has 1 saturated carbocycles. The van der Waals surface area contributed by atoms with Crippen LogP contribution in [-0.4, -0.2) is 9.38 Å². The predicted molar refractivity (Wildman–Crippen MR) is 67.1 cm³/mol. The van der Waals surface area contributed by atoms with Crippen molar-refractivity contribution in [2.75, 3.05) is 5.73 Å². The second-order valence-corrected chi connectivity index (χ2v) is 4.66. The average Bonchev–Trinajstić information content (AvgIpc) is 2.84. The molecule has 0 atom stereocenters. The van der Waals surface area contributed by atoms with Gasteiger partial charge in [-0.25, -0.2) is 4.98 Å². The van der Waals surface area contributed by atoms with Gasteiger partial charge in [0.15, 0.2) is 5.65 Å². The van der Waals surface area contributed by atoms with Crippen molar-refractivity contribution in [3.63, 3.8) is 0 Å². The SMILES string of the molecule is Nc1cccn2c(=O)cc(C3CCCC3)nc12. The standard InChI is InChI=1S/C13H15N3O/c14-10-6-3-7-16-12(17)8-11(15-13(10)16)9-4-1-2-5-9/h3,6-9H,1-2,4-5,14H2. The molecule has 3 rings (SSSR count). The van der Waals surface area contributed by atoms with E-state index < -0.39 is 0 Å². The lowest BCUT2D eigenvalue weighted by Gasteiger charge is -2.10. The molecule has 2 aromatic rings. The highest BCUT2D eigenvalue weighted by molar-refractivity contribution is 5.64. The summed E-state index contributed by atoms with van der Waals surface area (Å²) in [5.41, 5.74) is 7.89. The van der Waals surface area contributed by atoms with Crippen molar-refractivity contribution in [1.29, 1.82) is 0 Å². The summed E-state index contributed by atoms with van der Waals surface area (Å²) in [5.74, 6) is 0.437. The number of hydrogen-bond donors (Lipinski definition) is 1. The summed E-state index contributed by atoms with van der Waals surface area (Å²) in [4.78, 5) is 16.5. The maximum atomic E-state index is 12.0. The Morgan fingerprint density at radius 3 is 2.88 bits per heavy atom. The Hall–Kier alpha value is -1.84. The molecule has 2 N–H and O–H groups in total. The Labute approximate surface area is 99.1 Å². The van der Waals surface area contributed by atoms with E-state index in [4.69, 9.17) is 5.73 Å². The zero-order valence-corrected chi connectivity index (χ0v) is 9.60. The van der Waals surface area contributed by atoms with Crippen molar-refractivity contribution in [2.45, 2.75) is 31.6 Å². The minimum absolute atomic E-state index is 0.0378. The molecule has 17 heavy (non-hydrogen) atoms. The van der Waals surface area contributed by atoms with Crippen molar-refractivity contribution >= 4 is 11.3 Å². The summed E-state index contributed by atoms with van der Waals surface area (Å²) < 4.78 is 1.51. The van der Waals surface area contributed by atoms with Crippen LogP contribution >= 0.6 is 0 Å². The first-order chi connectivity index (χ1) is 8.25. The van der Waals surface area contributed by atoms with Crippen LogP contribution in [0.4, 0.5) is 5.69 Å². The van der Waals surface area contributed by atoms with Gasteiger partial charge in [-0.15, -0.1) is 0 Å². The number of hydrogen-bond acceptors (Lipinski definition) is 3. The first kappa shape index (κ1) is 10.3. The quantitative estimate of drug-likeness (QED) is 0.812. The normalized spacial score (nSPS) is 16.7. The largest absolute Gasteiger partial charge is 0.396 e. The van der Waals surface area contributed by atoms with Crippen molar-refractivity contribution in [3.05, 3.63) is 40.4 Å². The number of pyridine rings is 1. The zero-order chi connectivity index (χ0) is 11.8. The molecule has 0 spiro atoms. The summed E-state index contributed by atoms with van der Waals surface area (Å²) in [5, 5.41) is 0. The monoisotopic (exact) mass is 229 g/mol. The Morgan fingerprint density at radius 1 is 1.35 bits per heavy atom. The maximum absolute atomic E-state index is 12.0. The summed E-state index contributed by atoms with van der Waals surface area (Å²) in [7, 11) is 0. The van der Waals surface area contributed by atoms with Crippen LogP contribution in [0.15, 0.2) is 29.2 Å². The second kappa shape index (κ2) is 3.87. The van der Waals surface area contributed by atoms with Gasteiger partial charge in [0, 0.05) is 18.2 Å². The van der Waals surface area contributed by atoms with Gasteiger partial charge < -0.3 is 5.73 Å². The zero-order valence-electron chi connectivity index (χ0n) is 9.60. The molecule has 0 saturated heterocycles. The number of nitrogen functional groups attached to an aromatic ring is 1. The fourth-order valence-electron chi connectivity index (χ4n) is 2.59. The van der Waals surface area contributed by atoms with Gasteiger partial charge in [-0.2, -0.15) is 0 Å². The predicted octanol–water partition coefficient (Wildman–Crippen LogP) is 1.93. The van der Waals surface area contributed by atoms with Gasteiger partial charge in [-0.05, 0) is 25.0 Å². The van der Waals surface area contributed by atoms with E-state index in [9.17, 15) is 4.79 Å². The summed E-state index contributed by atoms with van der Waals surface area (Å²) in [6.07, 6.45) is 6.44. The Balaban J connectivity index is 2.22. The lowest BCUT2D eigenvalue weighted by molar-refractivity contribution is 0.694. The molecule has 0 amide bonds. The summed E-state index contributed by atoms with van der Waals surface area (Å²) >= 11 is 0. The van der Waals surface area contributed by atoms with E-state index in [2.05, 4.69) is 4.98 Å². The van der Waals surface area contributed by atoms with Crippen molar-refractivity contribution in [1.82, 2.24) is 9.38 Å². The lowest BCUT2D eigenvalue weighted by Crippen LogP contribution is -2.17. The van der Waals surface area contributed by atoms with Gasteiger partial charge in [0.05, 0.1) is 11.4 Å². The van der Waals surface area contributed by atoms with Crippen LogP contribution in [0.25, 0.3) is 5.65 Å². The van der Waals surface area contributed by atoms with E-state index in [0.29, 0.717) is 17.3 Å². The van der Waals surface area contributed by atoms with E-state index >= 15 is 0 Å². The van der Waals surface area contributed by atoms with Crippen LogP contribution < -0.4 is 11.3 Å². The molecule has 88 valence electrons. The number of anilines is 1. The van der Waals surface area contributed by atoms with Crippen LogP contribution in [0, 0.1) is 0 Å². The summed E-state index contributed by atoms with van der Waals surface area (Å²) in [6, 6.07) is 5.20. The van der Waals surface area contributed by atoms with Crippen molar-refractivity contribution < 1.29 is 0 Å². The molecule has 0 aromatic carbocycles. The van der Waals surface area contributed by atoms with Crippen molar-refractivity contribution in [3.8, 4) is 0 Å². The first-order valence-electron chi connectivity index (χ1n) is 6.03. The Kier molecular flexibility index (Phi) is 2.35. The fraction of sp³-hybridized carbons (Fsp3) is 0.385. The highest BCUT2D eigenvalue weighted by Gasteiger charge is 2.19. The molecule has 2 heterocycles. The second-order valence-electron chi connectivity index (χ2n) is 4.66. The number of nitrogens with zero attached hydrogens (tertiary/aromatic N) is 2. The van der Waals surface area contributed by atoms with E-state index in [1.807, 2.05) is 0 Å². The molecular weight excluding hydrogens is 214 g/mol. The minimum Gasteiger partial charge on any atom is -0.396 e. The van der Waals surface area contributed by atoms with Gasteiger partial charge in [-0.1, -0.05) is 12.8 Å². The van der Waals surface area contributed by atoms with Gasteiger partial charge >= 0.3 is 0 Å². The third kappa shape index (κ3) is 1.69. The smallest absolute Gasteiger partial charge is 0.258 e. The van der Waals surface area contributed by atoms with Gasteiger partial charge in [0.25, 0.3) is 5.56 Å². The van der Waals surface area contributed by atoms with Crippen LogP contribution in [0.1, 0.15) is 37.3 Å². The van der Waals surface area contributed by atoms with Crippen LogP contribution in [0.5, 0.6) is 0 Å². The highest BCUT2D eigenvalue weighted by atomic mass is 16.1. The molecular formula is C13H15N3O. The van der Waals surface area contributed by atoms with Gasteiger partial charge in [-0.3, -0.25) is 9.20 Å². The topological polar surface area (TPSA) is 60.4 Å². The molecule has 1 aliphatic carbocycles. The minimum atomic E-state index is -0.0378. The maximum Gasteiger partial charge on any atom is 0.258 e. The van der Waals surface area contributed by atoms with Crippen molar-refractivity contribution in [2.24, 2.45) is 0 Å². The van der Waals surface area contributed by atoms with Crippen LogP contribution in [-0.2, 0) is 0 Å². The van der Waals surface area contributed by atoms with Gasteiger partial charge in [0.2, 0.25) is 0 Å². The van der Waals surface area contributed by atoms with Gasteiger partial charge in [0.1, 0.15) is 0 Å². The Bertz CT molecular complexity index is 612. The molecule has 0 unspecified atom stereocenters. The fourth-order valence-corrected chi connectivity index (χ4v) is 2.59. The molecule has 0 bridgehead atoms. The molecule has 1 fully saturated rings. The average molecular weight is 229 g/mol. The lowest BCUT2D eigenvalue weighted by atomic mass is 10.0. The third-order valence-corrected chi connectivity index (χ3v) is 3.51. The van der Waals surface area contributed by atoms with E-state index in [0.717, 1.165) is 18.5 Å². The van der Waals surface area contributed by atoms with Crippen LogP contribution in [0.2, 0.25) is 0 Å². The molecule has 0 aliphatic heterocycles. The van der Waals surface area contributed by atoms with E-state index in [-0.39, 0.29) is 5.56 Å². The summed E-state index contributed by atoms with van der Waals surface area (Å²) in [6.45, 7) is 0. The molecule has 0 radical (unpaired) electrons. The molecule has 2 aromatic heterocycles. The number of fused-ring (bicyclic) bond motifs is 1. The Morgan fingerprint density at radius 2 is 2.12 bits per heavy atom. The van der Waals surface area contributed by atoms with Crippen LogP contribution in [0.3, 0.4) is 0 Å². The molecule has 4 nitrogen and oxygen atoms in total.